The van der Waals surface area contributed by atoms with E-state index in [-0.39, 0.29) is 6.03 Å². The molecule has 7 nitrogen and oxygen atoms in total. The number of hydrogen-bond acceptors (Lipinski definition) is 5. The molecule has 0 aliphatic rings. The first-order chi connectivity index (χ1) is 10.7. The smallest absolute Gasteiger partial charge is 0.319 e. The van der Waals surface area contributed by atoms with E-state index in [0.29, 0.717) is 23.7 Å². The molecule has 0 aliphatic heterocycles. The molecule has 1 heterocycles. The minimum atomic E-state index is -0.295. The van der Waals surface area contributed by atoms with Crippen molar-refractivity contribution >= 4 is 11.7 Å². The number of aryl methyl sites for hydroxylation is 1. The second-order valence-electron chi connectivity index (χ2n) is 4.56. The standard InChI is InChI=1S/C15H19N3O4/c1-20-13-7-3-6-12(14(13)21-2)18-15(19)16-8-4-5-11-9-17-22-10-11/h3,6-7,9-10H,4-5,8H2,1-2H3,(H2,16,18,19). The van der Waals surface area contributed by atoms with Crippen LogP contribution in [-0.2, 0) is 6.42 Å². The molecule has 2 rings (SSSR count). The lowest BCUT2D eigenvalue weighted by Gasteiger charge is -2.13. The average Bonchev–Trinajstić information content (AvgIpc) is 3.04. The molecule has 0 saturated carbocycles. The molecule has 1 aromatic carbocycles. The number of nitrogens with one attached hydrogen (secondary N) is 2. The van der Waals surface area contributed by atoms with Crippen LogP contribution in [0.25, 0.3) is 0 Å². The first-order valence-electron chi connectivity index (χ1n) is 6.88. The number of amides is 2. The van der Waals surface area contributed by atoms with Crippen molar-refractivity contribution < 1.29 is 18.8 Å². The zero-order valence-electron chi connectivity index (χ0n) is 12.6. The molecular weight excluding hydrogens is 286 g/mol. The first kappa shape index (κ1) is 15.7. The normalized spacial score (nSPS) is 10.1. The van der Waals surface area contributed by atoms with Crippen molar-refractivity contribution in [2.24, 2.45) is 0 Å². The van der Waals surface area contributed by atoms with E-state index in [4.69, 9.17) is 14.0 Å². The molecule has 118 valence electrons. The summed E-state index contributed by atoms with van der Waals surface area (Å²) in [6.07, 6.45) is 4.86. The number of methoxy groups -OCH3 is 2. The van der Waals surface area contributed by atoms with Crippen LogP contribution >= 0.6 is 0 Å². The third-order valence-electron chi connectivity index (χ3n) is 3.06. The molecule has 0 unspecified atom stereocenters. The van der Waals surface area contributed by atoms with Crippen LogP contribution in [0.3, 0.4) is 0 Å². The van der Waals surface area contributed by atoms with Crippen molar-refractivity contribution in [1.29, 1.82) is 0 Å². The minimum absolute atomic E-state index is 0.295. The summed E-state index contributed by atoms with van der Waals surface area (Å²) in [5.41, 5.74) is 1.56. The van der Waals surface area contributed by atoms with Gasteiger partial charge < -0.3 is 24.6 Å². The van der Waals surface area contributed by atoms with Gasteiger partial charge in [0, 0.05) is 12.1 Å². The van der Waals surface area contributed by atoms with Gasteiger partial charge in [-0.2, -0.15) is 0 Å². The topological polar surface area (TPSA) is 85.6 Å². The Labute approximate surface area is 128 Å². The summed E-state index contributed by atoms with van der Waals surface area (Å²) in [4.78, 5) is 11.9. The predicted molar refractivity (Wildman–Crippen MR) is 81.4 cm³/mol. The van der Waals surface area contributed by atoms with Crippen molar-refractivity contribution in [3.63, 3.8) is 0 Å². The van der Waals surface area contributed by atoms with E-state index < -0.39 is 0 Å². The summed E-state index contributed by atoms with van der Waals surface area (Å²) in [6, 6.07) is 5.00. The Morgan fingerprint density at radius 2 is 2.18 bits per heavy atom. The molecule has 0 radical (unpaired) electrons. The molecule has 2 amide bonds. The van der Waals surface area contributed by atoms with Gasteiger partial charge in [0.25, 0.3) is 0 Å². The van der Waals surface area contributed by atoms with Gasteiger partial charge in [-0.1, -0.05) is 11.2 Å². The largest absolute Gasteiger partial charge is 0.493 e. The maximum Gasteiger partial charge on any atom is 0.319 e. The number of ether oxygens (including phenoxy) is 2. The summed E-state index contributed by atoms with van der Waals surface area (Å²) >= 11 is 0. The molecule has 0 spiro atoms. The van der Waals surface area contributed by atoms with Gasteiger partial charge in [0.15, 0.2) is 11.5 Å². The third kappa shape index (κ3) is 4.15. The summed E-state index contributed by atoms with van der Waals surface area (Å²) < 4.78 is 15.2. The number of para-hydroxylation sites is 1. The Balaban J connectivity index is 1.81. The molecule has 2 N–H and O–H groups in total. The molecular formula is C15H19N3O4. The molecule has 7 heteroatoms. The highest BCUT2D eigenvalue weighted by molar-refractivity contribution is 5.91. The molecule has 2 aromatic rings. The minimum Gasteiger partial charge on any atom is -0.493 e. The van der Waals surface area contributed by atoms with E-state index in [1.165, 1.54) is 7.11 Å². The Kier molecular flexibility index (Phi) is 5.65. The van der Waals surface area contributed by atoms with E-state index in [1.54, 1.807) is 37.8 Å². The van der Waals surface area contributed by atoms with E-state index in [1.807, 2.05) is 0 Å². The second kappa shape index (κ2) is 7.92. The Morgan fingerprint density at radius 1 is 1.32 bits per heavy atom. The molecule has 0 saturated heterocycles. The number of carbonyl (C=O) groups is 1. The Morgan fingerprint density at radius 3 is 2.86 bits per heavy atom. The van der Waals surface area contributed by atoms with Gasteiger partial charge in [0.05, 0.1) is 26.1 Å². The number of benzene rings is 1. The fourth-order valence-corrected chi connectivity index (χ4v) is 2.00. The van der Waals surface area contributed by atoms with E-state index >= 15 is 0 Å². The summed E-state index contributed by atoms with van der Waals surface area (Å²) in [6.45, 7) is 0.545. The van der Waals surface area contributed by atoms with Crippen molar-refractivity contribution in [2.75, 3.05) is 26.1 Å². The van der Waals surface area contributed by atoms with Crippen LogP contribution in [0.2, 0.25) is 0 Å². The van der Waals surface area contributed by atoms with Crippen molar-refractivity contribution in [1.82, 2.24) is 10.5 Å². The van der Waals surface area contributed by atoms with Crippen LogP contribution in [0.1, 0.15) is 12.0 Å². The second-order valence-corrected chi connectivity index (χ2v) is 4.56. The van der Waals surface area contributed by atoms with Gasteiger partial charge in [-0.05, 0) is 25.0 Å². The number of anilines is 1. The Hall–Kier alpha value is -2.70. The number of carbonyl (C=O) groups excluding carboxylic acids is 1. The SMILES string of the molecule is COc1cccc(NC(=O)NCCCc2cnoc2)c1OC. The van der Waals surface area contributed by atoms with Crippen molar-refractivity contribution in [3.8, 4) is 11.5 Å². The zero-order valence-corrected chi connectivity index (χ0v) is 12.6. The quantitative estimate of drug-likeness (QED) is 0.767. The lowest BCUT2D eigenvalue weighted by atomic mass is 10.2. The summed E-state index contributed by atoms with van der Waals surface area (Å²) in [5.74, 6) is 1.05. The maximum absolute atomic E-state index is 11.9. The van der Waals surface area contributed by atoms with Crippen LogP contribution < -0.4 is 20.1 Å². The third-order valence-corrected chi connectivity index (χ3v) is 3.06. The predicted octanol–water partition coefficient (Wildman–Crippen LogP) is 2.45. The lowest BCUT2D eigenvalue weighted by molar-refractivity contribution is 0.252. The monoisotopic (exact) mass is 305 g/mol. The van der Waals surface area contributed by atoms with E-state index in [2.05, 4.69) is 15.8 Å². The number of rotatable bonds is 7. The van der Waals surface area contributed by atoms with Gasteiger partial charge in [-0.3, -0.25) is 0 Å². The van der Waals surface area contributed by atoms with Gasteiger partial charge in [0.2, 0.25) is 0 Å². The van der Waals surface area contributed by atoms with Gasteiger partial charge in [-0.15, -0.1) is 0 Å². The van der Waals surface area contributed by atoms with Gasteiger partial charge >= 0.3 is 6.03 Å². The first-order valence-corrected chi connectivity index (χ1v) is 6.88. The zero-order chi connectivity index (χ0) is 15.8. The number of urea groups is 1. The van der Waals surface area contributed by atoms with Gasteiger partial charge in [-0.25, -0.2) is 4.79 Å². The number of nitrogens with zero attached hydrogens (tertiary/aromatic N) is 1. The molecule has 0 atom stereocenters. The van der Waals surface area contributed by atoms with Crippen LogP contribution in [0.4, 0.5) is 10.5 Å². The van der Waals surface area contributed by atoms with Crippen LogP contribution in [0, 0.1) is 0 Å². The molecule has 0 bridgehead atoms. The average molecular weight is 305 g/mol. The lowest BCUT2D eigenvalue weighted by Crippen LogP contribution is -2.29. The van der Waals surface area contributed by atoms with Crippen LogP contribution in [-0.4, -0.2) is 32.0 Å². The van der Waals surface area contributed by atoms with E-state index in [9.17, 15) is 4.79 Å². The highest BCUT2D eigenvalue weighted by atomic mass is 16.5. The summed E-state index contributed by atoms with van der Waals surface area (Å²) in [7, 11) is 3.08. The van der Waals surface area contributed by atoms with Crippen molar-refractivity contribution in [3.05, 3.63) is 36.2 Å². The van der Waals surface area contributed by atoms with E-state index in [0.717, 1.165) is 18.4 Å². The molecule has 0 aliphatic carbocycles. The van der Waals surface area contributed by atoms with Gasteiger partial charge in [0.1, 0.15) is 6.26 Å². The van der Waals surface area contributed by atoms with Crippen LogP contribution in [0.5, 0.6) is 11.5 Å². The number of hydrogen-bond donors (Lipinski definition) is 2. The maximum atomic E-state index is 11.9. The van der Waals surface area contributed by atoms with Crippen molar-refractivity contribution in [2.45, 2.75) is 12.8 Å². The molecule has 1 aromatic heterocycles. The van der Waals surface area contributed by atoms with Crippen LogP contribution in [0.15, 0.2) is 35.2 Å². The molecule has 0 fully saturated rings. The highest BCUT2D eigenvalue weighted by Crippen LogP contribution is 2.34. The Bertz CT molecular complexity index is 599. The highest BCUT2D eigenvalue weighted by Gasteiger charge is 2.11. The summed E-state index contributed by atoms with van der Waals surface area (Å²) in [5, 5.41) is 9.16. The molecule has 22 heavy (non-hydrogen) atoms. The number of aromatic nitrogens is 1. The fraction of sp³-hybridized carbons (Fsp3) is 0.333. The fourth-order valence-electron chi connectivity index (χ4n) is 2.00.